The largest absolute Gasteiger partial charge is 0.361 e. The summed E-state index contributed by atoms with van der Waals surface area (Å²) >= 11 is 1.93. The second-order valence-corrected chi connectivity index (χ2v) is 6.45. The molecule has 1 aromatic carbocycles. The smallest absolute Gasteiger partial charge is 0.157 e. The van der Waals surface area contributed by atoms with Crippen LogP contribution in [0.4, 0.5) is 0 Å². The van der Waals surface area contributed by atoms with Crippen LogP contribution < -0.4 is 5.32 Å². The average molecular weight is 276 g/mol. The second kappa shape index (κ2) is 6.99. The molecule has 2 rings (SSSR count). The van der Waals surface area contributed by atoms with Gasteiger partial charge < -0.3 is 5.32 Å². The van der Waals surface area contributed by atoms with Crippen LogP contribution in [0.2, 0.25) is 0 Å². The molecule has 1 N–H and O–H groups in total. The molecular formula is C16H24N2S. The van der Waals surface area contributed by atoms with Crippen molar-refractivity contribution in [2.24, 2.45) is 10.9 Å². The van der Waals surface area contributed by atoms with Gasteiger partial charge in [0, 0.05) is 11.8 Å². The van der Waals surface area contributed by atoms with E-state index in [0.29, 0.717) is 5.25 Å². The molecule has 0 aliphatic carbocycles. The molecule has 0 saturated heterocycles. The minimum absolute atomic E-state index is 0.676. The van der Waals surface area contributed by atoms with Gasteiger partial charge in [-0.1, -0.05) is 68.3 Å². The van der Waals surface area contributed by atoms with Gasteiger partial charge in [0.05, 0.1) is 6.54 Å². The molecule has 2 nitrogen and oxygen atoms in total. The molecule has 1 aromatic rings. The highest BCUT2D eigenvalue weighted by Crippen LogP contribution is 2.30. The van der Waals surface area contributed by atoms with Gasteiger partial charge in [-0.25, -0.2) is 0 Å². The zero-order valence-electron chi connectivity index (χ0n) is 12.1. The van der Waals surface area contributed by atoms with Gasteiger partial charge in [0.25, 0.3) is 0 Å². The van der Waals surface area contributed by atoms with Crippen LogP contribution in [0, 0.1) is 12.8 Å². The Morgan fingerprint density at radius 3 is 2.58 bits per heavy atom. The zero-order valence-corrected chi connectivity index (χ0v) is 13.0. The molecule has 0 bridgehead atoms. The lowest BCUT2D eigenvalue weighted by Crippen LogP contribution is -2.21. The van der Waals surface area contributed by atoms with E-state index in [9.17, 15) is 0 Å². The minimum Gasteiger partial charge on any atom is -0.361 e. The fourth-order valence-electron chi connectivity index (χ4n) is 2.43. The van der Waals surface area contributed by atoms with Crippen LogP contribution in [-0.4, -0.2) is 17.0 Å². The highest BCUT2D eigenvalue weighted by atomic mass is 32.2. The Bertz CT molecular complexity index is 421. The van der Waals surface area contributed by atoms with E-state index in [1.54, 1.807) is 0 Å². The highest BCUT2D eigenvalue weighted by molar-refractivity contribution is 8.14. The highest BCUT2D eigenvalue weighted by Gasteiger charge is 2.25. The monoisotopic (exact) mass is 276 g/mol. The van der Waals surface area contributed by atoms with Crippen molar-refractivity contribution in [2.75, 3.05) is 6.54 Å². The molecule has 1 aliphatic heterocycles. The number of benzene rings is 1. The lowest BCUT2D eigenvalue weighted by molar-refractivity contribution is 0.479. The second-order valence-electron chi connectivity index (χ2n) is 5.22. The first kappa shape index (κ1) is 14.4. The number of aryl methyl sites for hydroxylation is 1. The van der Waals surface area contributed by atoms with Crippen LogP contribution in [0.3, 0.4) is 0 Å². The summed E-state index contributed by atoms with van der Waals surface area (Å²) in [4.78, 5) is 4.64. The number of nitrogens with one attached hydrogen (secondary N) is 1. The van der Waals surface area contributed by atoms with Gasteiger partial charge in [-0.15, -0.1) is 0 Å². The maximum absolute atomic E-state index is 4.64. The standard InChI is InChI=1S/C16H24N2S/c1-4-14(5-2)15-11-18-16(19-15)17-10-13-8-6-12(3)7-9-13/h6-9,14-15H,4-5,10-11H2,1-3H3,(H,17,18). The summed E-state index contributed by atoms with van der Waals surface area (Å²) in [7, 11) is 0. The summed E-state index contributed by atoms with van der Waals surface area (Å²) in [5.74, 6) is 0.799. The molecule has 104 valence electrons. The Balaban J connectivity index is 1.80. The summed E-state index contributed by atoms with van der Waals surface area (Å²) in [6, 6.07) is 8.68. The van der Waals surface area contributed by atoms with Crippen molar-refractivity contribution in [2.45, 2.75) is 45.4 Å². The Morgan fingerprint density at radius 1 is 1.26 bits per heavy atom. The molecule has 1 unspecified atom stereocenters. The summed E-state index contributed by atoms with van der Waals surface area (Å²) in [5.41, 5.74) is 2.63. The van der Waals surface area contributed by atoms with E-state index in [1.807, 2.05) is 11.8 Å². The van der Waals surface area contributed by atoms with E-state index in [-0.39, 0.29) is 0 Å². The van der Waals surface area contributed by atoms with E-state index >= 15 is 0 Å². The van der Waals surface area contributed by atoms with Gasteiger partial charge in [0.2, 0.25) is 0 Å². The SMILES string of the molecule is CCC(CC)C1CN=C(NCc2ccc(C)cc2)S1. The number of nitrogens with zero attached hydrogens (tertiary/aromatic N) is 1. The number of hydrogen-bond donors (Lipinski definition) is 1. The van der Waals surface area contributed by atoms with Gasteiger partial charge in [-0.2, -0.15) is 0 Å². The summed E-state index contributed by atoms with van der Waals surface area (Å²) < 4.78 is 0. The summed E-state index contributed by atoms with van der Waals surface area (Å²) in [5, 5.41) is 5.26. The third-order valence-electron chi connectivity index (χ3n) is 3.82. The van der Waals surface area contributed by atoms with Crippen LogP contribution in [0.1, 0.15) is 37.8 Å². The lowest BCUT2D eigenvalue weighted by atomic mass is 9.99. The fraction of sp³-hybridized carbons (Fsp3) is 0.562. The van der Waals surface area contributed by atoms with Crippen LogP contribution in [0.5, 0.6) is 0 Å². The number of rotatable bonds is 5. The Kier molecular flexibility index (Phi) is 5.32. The van der Waals surface area contributed by atoms with Crippen LogP contribution in [0.15, 0.2) is 29.3 Å². The maximum atomic E-state index is 4.64. The molecule has 0 amide bonds. The first-order chi connectivity index (χ1) is 9.22. The first-order valence-electron chi connectivity index (χ1n) is 7.23. The van der Waals surface area contributed by atoms with E-state index in [4.69, 9.17) is 0 Å². The molecule has 0 saturated carbocycles. The first-order valence-corrected chi connectivity index (χ1v) is 8.11. The Hall–Kier alpha value is -0.960. The van der Waals surface area contributed by atoms with Crippen molar-refractivity contribution >= 4 is 16.9 Å². The quantitative estimate of drug-likeness (QED) is 0.879. The maximum Gasteiger partial charge on any atom is 0.157 e. The van der Waals surface area contributed by atoms with Crippen LogP contribution in [0.25, 0.3) is 0 Å². The van der Waals surface area contributed by atoms with Gasteiger partial charge in [-0.05, 0) is 18.4 Å². The third-order valence-corrected chi connectivity index (χ3v) is 5.15. The Morgan fingerprint density at radius 2 is 1.95 bits per heavy atom. The topological polar surface area (TPSA) is 24.4 Å². The number of aliphatic imine (C=N–C) groups is 1. The van der Waals surface area contributed by atoms with Crippen LogP contribution in [-0.2, 0) is 6.54 Å². The number of hydrogen-bond acceptors (Lipinski definition) is 3. The van der Waals surface area contributed by atoms with Crippen LogP contribution >= 0.6 is 11.8 Å². The van der Waals surface area contributed by atoms with E-state index in [1.165, 1.54) is 24.0 Å². The molecule has 3 heteroatoms. The lowest BCUT2D eigenvalue weighted by Gasteiger charge is -2.18. The summed E-state index contributed by atoms with van der Waals surface area (Å²) in [6.07, 6.45) is 2.52. The van der Waals surface area contributed by atoms with Gasteiger partial charge in [0.15, 0.2) is 5.17 Å². The normalized spacial score (nSPS) is 18.7. The molecule has 1 heterocycles. The summed E-state index contributed by atoms with van der Waals surface area (Å²) in [6.45, 7) is 8.54. The van der Waals surface area contributed by atoms with Crippen molar-refractivity contribution < 1.29 is 0 Å². The number of amidine groups is 1. The average Bonchev–Trinajstić information content (AvgIpc) is 2.88. The molecule has 1 atom stereocenters. The Labute approximate surface area is 121 Å². The van der Waals surface area contributed by atoms with Crippen molar-refractivity contribution in [3.05, 3.63) is 35.4 Å². The molecule has 0 spiro atoms. The third kappa shape index (κ3) is 4.00. The molecule has 0 radical (unpaired) electrons. The molecule has 0 fully saturated rings. The zero-order chi connectivity index (χ0) is 13.7. The molecule has 19 heavy (non-hydrogen) atoms. The van der Waals surface area contributed by atoms with Crippen molar-refractivity contribution in [1.82, 2.24) is 5.32 Å². The minimum atomic E-state index is 0.676. The van der Waals surface area contributed by atoms with E-state index < -0.39 is 0 Å². The van der Waals surface area contributed by atoms with E-state index in [2.05, 4.69) is 55.3 Å². The number of thioether (sulfide) groups is 1. The van der Waals surface area contributed by atoms with Gasteiger partial charge in [0.1, 0.15) is 0 Å². The van der Waals surface area contributed by atoms with Gasteiger partial charge >= 0.3 is 0 Å². The van der Waals surface area contributed by atoms with Gasteiger partial charge in [-0.3, -0.25) is 4.99 Å². The predicted molar refractivity (Wildman–Crippen MR) is 85.8 cm³/mol. The van der Waals surface area contributed by atoms with Crippen molar-refractivity contribution in [1.29, 1.82) is 0 Å². The molecular weight excluding hydrogens is 252 g/mol. The fourth-order valence-corrected chi connectivity index (χ4v) is 3.75. The van der Waals surface area contributed by atoms with Crippen molar-refractivity contribution in [3.63, 3.8) is 0 Å². The predicted octanol–water partition coefficient (Wildman–Crippen LogP) is 3.99. The molecule has 0 aromatic heterocycles. The van der Waals surface area contributed by atoms with Crippen molar-refractivity contribution in [3.8, 4) is 0 Å². The van der Waals surface area contributed by atoms with E-state index in [0.717, 1.165) is 24.2 Å². The molecule has 1 aliphatic rings.